The van der Waals surface area contributed by atoms with Crippen LogP contribution in [0.3, 0.4) is 0 Å². The van der Waals surface area contributed by atoms with Gasteiger partial charge in [0.05, 0.1) is 29.1 Å². The number of rotatable bonds is 5. The fourth-order valence-corrected chi connectivity index (χ4v) is 8.64. The molecule has 2 aromatic carbocycles. The molecule has 10 heteroatoms. The van der Waals surface area contributed by atoms with Crippen LogP contribution in [0.4, 0.5) is 5.69 Å². The molecule has 2 aromatic rings. The van der Waals surface area contributed by atoms with Crippen molar-refractivity contribution in [3.05, 3.63) is 70.3 Å². The molecule has 0 saturated heterocycles. The highest BCUT2D eigenvalue weighted by molar-refractivity contribution is 7.84. The summed E-state index contributed by atoms with van der Waals surface area (Å²) in [4.78, 5) is 30.6. The Bertz CT molecular complexity index is 1530. The first-order valence-electron chi connectivity index (χ1n) is 17.0. The fraction of sp³-hybridized carbons (Fsp3) is 0.568. The van der Waals surface area contributed by atoms with Gasteiger partial charge in [0.15, 0.2) is 0 Å². The molecule has 2 N–H and O–H groups in total. The highest BCUT2D eigenvalue weighted by Gasteiger charge is 2.51. The number of nitrogens with one attached hydrogen (secondary N) is 1. The fourth-order valence-electron chi connectivity index (χ4n) is 7.43. The molecule has 3 aliphatic rings. The lowest BCUT2D eigenvalue weighted by atomic mass is 9.60. The molecule has 5 rings (SSSR count). The lowest BCUT2D eigenvalue weighted by Gasteiger charge is -2.50. The SMILES string of the molecule is CCCc1cc(Cl)ccc1C1COc2ccc3cc2N(C1)CC1CCC1C(O)(C(C)C(=O)N(C)C)/C=C/CC(C)C(C)S(=O)NC3=O. The van der Waals surface area contributed by atoms with Gasteiger partial charge in [-0.05, 0) is 91.8 Å². The van der Waals surface area contributed by atoms with Gasteiger partial charge in [0.2, 0.25) is 5.91 Å². The Morgan fingerprint density at radius 2 is 1.96 bits per heavy atom. The Hall–Kier alpha value is -2.88. The third-order valence-electron chi connectivity index (χ3n) is 10.7. The molecular formula is C37H50ClN3O5S. The van der Waals surface area contributed by atoms with Crippen molar-refractivity contribution < 1.29 is 23.6 Å². The summed E-state index contributed by atoms with van der Waals surface area (Å²) in [6, 6.07) is 11.5. The van der Waals surface area contributed by atoms with Crippen molar-refractivity contribution in [3.63, 3.8) is 0 Å². The number of carbonyl (C=O) groups is 2. The minimum absolute atomic E-state index is 0.0329. The minimum atomic E-state index is -1.63. The zero-order valence-electron chi connectivity index (χ0n) is 28.5. The van der Waals surface area contributed by atoms with E-state index in [0.717, 1.165) is 31.4 Å². The van der Waals surface area contributed by atoms with E-state index in [9.17, 15) is 18.9 Å². The molecule has 0 spiro atoms. The molecule has 2 bridgehead atoms. The number of aliphatic hydroxyl groups is 1. The molecule has 0 radical (unpaired) electrons. The van der Waals surface area contributed by atoms with Gasteiger partial charge in [-0.1, -0.05) is 57.0 Å². The molecule has 1 aliphatic carbocycles. The lowest BCUT2D eigenvalue weighted by Crippen LogP contribution is -2.56. The van der Waals surface area contributed by atoms with Crippen molar-refractivity contribution in [1.82, 2.24) is 9.62 Å². The number of anilines is 1. The van der Waals surface area contributed by atoms with Crippen molar-refractivity contribution >= 4 is 40.1 Å². The van der Waals surface area contributed by atoms with E-state index in [-0.39, 0.29) is 40.7 Å². The molecular weight excluding hydrogens is 634 g/mol. The van der Waals surface area contributed by atoms with Gasteiger partial charge in [0.1, 0.15) is 16.7 Å². The summed E-state index contributed by atoms with van der Waals surface area (Å²) in [5.41, 5.74) is 2.27. The Labute approximate surface area is 287 Å². The van der Waals surface area contributed by atoms with E-state index in [2.05, 4.69) is 28.7 Å². The number of fused-ring (bicyclic) bond motifs is 2. The summed E-state index contributed by atoms with van der Waals surface area (Å²) in [5.74, 6) is -0.520. The molecule has 1 fully saturated rings. The zero-order chi connectivity index (χ0) is 34.0. The Kier molecular flexibility index (Phi) is 11.1. The van der Waals surface area contributed by atoms with Crippen LogP contribution in [-0.2, 0) is 22.2 Å². The molecule has 0 aromatic heterocycles. The van der Waals surface area contributed by atoms with E-state index in [4.69, 9.17) is 16.3 Å². The van der Waals surface area contributed by atoms with Crippen LogP contribution in [0.25, 0.3) is 0 Å². The summed E-state index contributed by atoms with van der Waals surface area (Å²) >= 11 is 6.43. The number of amides is 2. The average Bonchev–Trinajstić information content (AvgIpc) is 3.20. The molecule has 2 aliphatic heterocycles. The van der Waals surface area contributed by atoms with Crippen LogP contribution in [0.1, 0.15) is 80.8 Å². The molecule has 8 unspecified atom stereocenters. The first-order chi connectivity index (χ1) is 22.3. The first kappa shape index (κ1) is 35.4. The van der Waals surface area contributed by atoms with Gasteiger partial charge in [0.25, 0.3) is 5.91 Å². The van der Waals surface area contributed by atoms with Gasteiger partial charge in [-0.15, -0.1) is 0 Å². The molecule has 256 valence electrons. The number of hydrogen-bond donors (Lipinski definition) is 2. The second-order valence-corrected chi connectivity index (χ2v) is 16.0. The largest absolute Gasteiger partial charge is 0.491 e. The van der Waals surface area contributed by atoms with Gasteiger partial charge >= 0.3 is 0 Å². The molecule has 47 heavy (non-hydrogen) atoms. The Morgan fingerprint density at radius 1 is 1.19 bits per heavy atom. The van der Waals surface area contributed by atoms with Gasteiger partial charge in [-0.25, -0.2) is 4.21 Å². The molecule has 2 heterocycles. The van der Waals surface area contributed by atoms with E-state index >= 15 is 0 Å². The smallest absolute Gasteiger partial charge is 0.263 e. The number of benzene rings is 2. The van der Waals surface area contributed by atoms with Crippen LogP contribution < -0.4 is 14.4 Å². The van der Waals surface area contributed by atoms with Crippen molar-refractivity contribution in [3.8, 4) is 5.75 Å². The maximum Gasteiger partial charge on any atom is 0.263 e. The van der Waals surface area contributed by atoms with E-state index in [1.807, 2.05) is 51.1 Å². The summed E-state index contributed by atoms with van der Waals surface area (Å²) in [7, 11) is 1.82. The number of halogens is 1. The molecule has 2 amide bonds. The molecule has 8 nitrogen and oxygen atoms in total. The van der Waals surface area contributed by atoms with Gasteiger partial charge < -0.3 is 19.6 Å². The standard InChI is InChI=1S/C37H50ClN3O5S/c1-7-9-26-18-30(38)13-14-31(26)29-21-41-20-28-11-15-32(28)37(44,24(3)36(43)40(5)6)17-8-10-23(2)25(4)47(45)39-35(42)27-12-16-34(46-22-29)33(41)19-27/h8,12-14,16-19,23-25,28-29,32,44H,7,9-11,15,20-22H2,1-6H3,(H,39,42)/b17-8+. The minimum Gasteiger partial charge on any atom is -0.491 e. The number of carbonyl (C=O) groups excluding carboxylic acids is 2. The number of nitrogens with zero attached hydrogens (tertiary/aromatic N) is 2. The summed E-state index contributed by atoms with van der Waals surface area (Å²) < 4.78 is 22.5. The van der Waals surface area contributed by atoms with E-state index in [1.165, 1.54) is 11.1 Å². The van der Waals surface area contributed by atoms with Crippen molar-refractivity contribution in [2.45, 2.75) is 76.6 Å². The number of allylic oxidation sites excluding steroid dienone is 1. The first-order valence-corrected chi connectivity index (χ1v) is 18.6. The van der Waals surface area contributed by atoms with Crippen molar-refractivity contribution in [1.29, 1.82) is 0 Å². The molecule has 8 atom stereocenters. The predicted molar refractivity (Wildman–Crippen MR) is 189 cm³/mol. The van der Waals surface area contributed by atoms with E-state index in [1.54, 1.807) is 25.1 Å². The summed E-state index contributed by atoms with van der Waals surface area (Å²) in [6.45, 7) is 9.55. The maximum absolute atomic E-state index is 13.4. The highest BCUT2D eigenvalue weighted by Crippen LogP contribution is 2.48. The van der Waals surface area contributed by atoms with Crippen LogP contribution in [0.5, 0.6) is 5.75 Å². The van der Waals surface area contributed by atoms with Crippen LogP contribution >= 0.6 is 11.6 Å². The van der Waals surface area contributed by atoms with Crippen LogP contribution in [0, 0.1) is 23.7 Å². The monoisotopic (exact) mass is 683 g/mol. The van der Waals surface area contributed by atoms with Gasteiger partial charge in [-0.2, -0.15) is 0 Å². The van der Waals surface area contributed by atoms with Crippen LogP contribution in [0.2, 0.25) is 5.02 Å². The van der Waals surface area contributed by atoms with E-state index in [0.29, 0.717) is 42.5 Å². The lowest BCUT2D eigenvalue weighted by molar-refractivity contribution is -0.147. The topological polar surface area (TPSA) is 99.2 Å². The third-order valence-corrected chi connectivity index (χ3v) is 12.5. The summed E-state index contributed by atoms with van der Waals surface area (Å²) in [6.07, 6.45) is 7.92. The maximum atomic E-state index is 13.4. The second kappa shape index (κ2) is 14.7. The zero-order valence-corrected chi connectivity index (χ0v) is 30.1. The quantitative estimate of drug-likeness (QED) is 0.368. The predicted octanol–water partition coefficient (Wildman–Crippen LogP) is 6.13. The van der Waals surface area contributed by atoms with Crippen molar-refractivity contribution in [2.75, 3.05) is 38.7 Å². The number of hydrogen-bond acceptors (Lipinski definition) is 6. The normalized spacial score (nSPS) is 30.9. The van der Waals surface area contributed by atoms with Gasteiger partial charge in [0, 0.05) is 43.7 Å². The second-order valence-electron chi connectivity index (χ2n) is 14.0. The average molecular weight is 684 g/mol. The van der Waals surface area contributed by atoms with Crippen LogP contribution in [-0.4, -0.2) is 70.7 Å². The highest BCUT2D eigenvalue weighted by atomic mass is 35.5. The number of aryl methyl sites for hydroxylation is 1. The third kappa shape index (κ3) is 7.42. The van der Waals surface area contributed by atoms with Crippen LogP contribution in [0.15, 0.2) is 48.6 Å². The molecule has 1 saturated carbocycles. The summed E-state index contributed by atoms with van der Waals surface area (Å²) in [5, 5.41) is 12.8. The number of ether oxygens (including phenoxy) is 1. The Morgan fingerprint density at radius 3 is 2.64 bits per heavy atom. The van der Waals surface area contributed by atoms with E-state index < -0.39 is 22.5 Å². The van der Waals surface area contributed by atoms with Crippen molar-refractivity contribution in [2.24, 2.45) is 23.7 Å². The Balaban J connectivity index is 1.59. The van der Waals surface area contributed by atoms with Gasteiger partial charge in [-0.3, -0.25) is 14.3 Å².